The van der Waals surface area contributed by atoms with E-state index in [-0.39, 0.29) is 0 Å². The first-order valence-electron chi connectivity index (χ1n) is 6.32. The van der Waals surface area contributed by atoms with Gasteiger partial charge in [-0.05, 0) is 23.9 Å². The molecule has 0 fully saturated rings. The van der Waals surface area contributed by atoms with Gasteiger partial charge in [-0.15, -0.1) is 10.2 Å². The highest BCUT2D eigenvalue weighted by atomic mass is 15.3. The minimum absolute atomic E-state index is 0.541. The third kappa shape index (κ3) is 1.92. The average molecular weight is 255 g/mol. The lowest BCUT2D eigenvalue weighted by Crippen LogP contribution is -2.08. The van der Waals surface area contributed by atoms with Gasteiger partial charge in [0.15, 0.2) is 5.82 Å². The molecule has 19 heavy (non-hydrogen) atoms. The summed E-state index contributed by atoms with van der Waals surface area (Å²) in [6.07, 6.45) is 2.08. The Morgan fingerprint density at radius 3 is 2.74 bits per heavy atom. The largest absolute Gasteiger partial charge is 0.340 e. The van der Waals surface area contributed by atoms with Crippen molar-refractivity contribution >= 4 is 10.9 Å². The zero-order chi connectivity index (χ0) is 13.4. The van der Waals surface area contributed by atoms with Gasteiger partial charge in [-0.25, -0.2) is 0 Å². The topological polar surface area (TPSA) is 61.7 Å². The number of nitrogens with two attached hydrogens (primary N) is 1. The summed E-state index contributed by atoms with van der Waals surface area (Å²) in [5, 5.41) is 9.52. The molecule has 5 nitrogen and oxygen atoms in total. The number of hydrogen-bond donors (Lipinski definition) is 1. The lowest BCUT2D eigenvalue weighted by Gasteiger charge is -2.08. The smallest absolute Gasteiger partial charge is 0.152 e. The number of nitrogens with zero attached hydrogens (tertiary/aromatic N) is 4. The number of aryl methyl sites for hydroxylation is 1. The summed E-state index contributed by atoms with van der Waals surface area (Å²) in [7, 11) is 1.99. The SMILES string of the molecule is Cc1nnc(Cn2ccc3cccc(CN)c32)n1C. The molecule has 0 aliphatic heterocycles. The lowest BCUT2D eigenvalue weighted by molar-refractivity contribution is 0.706. The monoisotopic (exact) mass is 255 g/mol. The number of aromatic nitrogens is 4. The Labute approximate surface area is 111 Å². The number of benzene rings is 1. The number of fused-ring (bicyclic) bond motifs is 1. The Morgan fingerprint density at radius 1 is 1.21 bits per heavy atom. The predicted molar refractivity (Wildman–Crippen MR) is 74.7 cm³/mol. The maximum absolute atomic E-state index is 5.82. The summed E-state index contributed by atoms with van der Waals surface area (Å²) in [5.41, 5.74) is 8.16. The second-order valence-electron chi connectivity index (χ2n) is 4.73. The Hall–Kier alpha value is -2.14. The molecule has 98 valence electrons. The molecule has 2 aromatic heterocycles. The van der Waals surface area contributed by atoms with Crippen LogP contribution in [0.3, 0.4) is 0 Å². The van der Waals surface area contributed by atoms with Crippen molar-refractivity contribution in [1.82, 2.24) is 19.3 Å². The van der Waals surface area contributed by atoms with Crippen LogP contribution >= 0.6 is 0 Å². The first-order chi connectivity index (χ1) is 9.20. The van der Waals surface area contributed by atoms with Gasteiger partial charge in [0.05, 0.1) is 12.1 Å². The van der Waals surface area contributed by atoms with Crippen molar-refractivity contribution in [2.45, 2.75) is 20.0 Å². The van der Waals surface area contributed by atoms with E-state index < -0.39 is 0 Å². The molecule has 0 saturated heterocycles. The molecule has 2 heterocycles. The van der Waals surface area contributed by atoms with Crippen LogP contribution in [0.25, 0.3) is 10.9 Å². The minimum Gasteiger partial charge on any atom is -0.340 e. The standard InChI is InChI=1S/C14H17N5/c1-10-16-17-13(18(10)2)9-19-7-6-11-4-3-5-12(8-15)14(11)19/h3-7H,8-9,15H2,1-2H3. The zero-order valence-electron chi connectivity index (χ0n) is 11.2. The Balaban J connectivity index is 2.08. The molecule has 0 aliphatic carbocycles. The molecule has 1 aromatic carbocycles. The molecule has 5 heteroatoms. The van der Waals surface area contributed by atoms with E-state index >= 15 is 0 Å². The molecule has 0 unspecified atom stereocenters. The summed E-state index contributed by atoms with van der Waals surface area (Å²) in [5.74, 6) is 1.87. The van der Waals surface area contributed by atoms with Crippen molar-refractivity contribution in [3.8, 4) is 0 Å². The molecule has 0 saturated carbocycles. The van der Waals surface area contributed by atoms with Crippen LogP contribution < -0.4 is 5.73 Å². The van der Waals surface area contributed by atoms with E-state index in [1.165, 1.54) is 10.9 Å². The molecule has 0 radical (unpaired) electrons. The van der Waals surface area contributed by atoms with Gasteiger partial charge in [-0.1, -0.05) is 18.2 Å². The number of rotatable bonds is 3. The predicted octanol–water partition coefficient (Wildman–Crippen LogP) is 1.59. The van der Waals surface area contributed by atoms with Gasteiger partial charge in [-0.3, -0.25) is 0 Å². The molecular formula is C14H17N5. The number of hydrogen-bond acceptors (Lipinski definition) is 3. The van der Waals surface area contributed by atoms with Gasteiger partial charge >= 0.3 is 0 Å². The van der Waals surface area contributed by atoms with Crippen LogP contribution in [0.15, 0.2) is 30.5 Å². The second-order valence-corrected chi connectivity index (χ2v) is 4.73. The molecule has 0 atom stereocenters. The van der Waals surface area contributed by atoms with Crippen LogP contribution in [0.2, 0.25) is 0 Å². The van der Waals surface area contributed by atoms with E-state index in [0.717, 1.165) is 17.2 Å². The summed E-state index contributed by atoms with van der Waals surface area (Å²) < 4.78 is 4.19. The highest BCUT2D eigenvalue weighted by molar-refractivity contribution is 5.83. The summed E-state index contributed by atoms with van der Waals surface area (Å²) in [6.45, 7) is 3.20. The molecule has 3 rings (SSSR count). The van der Waals surface area contributed by atoms with E-state index in [9.17, 15) is 0 Å². The Bertz CT molecular complexity index is 723. The van der Waals surface area contributed by atoms with E-state index in [1.807, 2.05) is 24.6 Å². The van der Waals surface area contributed by atoms with Gasteiger partial charge in [0.2, 0.25) is 0 Å². The van der Waals surface area contributed by atoms with Crippen molar-refractivity contribution in [2.24, 2.45) is 12.8 Å². The highest BCUT2D eigenvalue weighted by Gasteiger charge is 2.09. The van der Waals surface area contributed by atoms with Crippen molar-refractivity contribution in [3.63, 3.8) is 0 Å². The van der Waals surface area contributed by atoms with Crippen LogP contribution in [0.5, 0.6) is 0 Å². The molecular weight excluding hydrogens is 238 g/mol. The van der Waals surface area contributed by atoms with Gasteiger partial charge in [-0.2, -0.15) is 0 Å². The highest BCUT2D eigenvalue weighted by Crippen LogP contribution is 2.21. The fourth-order valence-corrected chi connectivity index (χ4v) is 2.38. The fraction of sp³-hybridized carbons (Fsp3) is 0.286. The lowest BCUT2D eigenvalue weighted by atomic mass is 10.1. The van der Waals surface area contributed by atoms with Gasteiger partial charge in [0.25, 0.3) is 0 Å². The first kappa shape index (κ1) is 11.9. The quantitative estimate of drug-likeness (QED) is 0.773. The first-order valence-corrected chi connectivity index (χ1v) is 6.32. The maximum Gasteiger partial charge on any atom is 0.152 e. The third-order valence-electron chi connectivity index (χ3n) is 3.59. The van der Waals surface area contributed by atoms with Crippen molar-refractivity contribution in [3.05, 3.63) is 47.7 Å². The second kappa shape index (κ2) is 4.51. The minimum atomic E-state index is 0.541. The van der Waals surface area contributed by atoms with E-state index in [2.05, 4.69) is 39.2 Å². The zero-order valence-corrected chi connectivity index (χ0v) is 11.2. The van der Waals surface area contributed by atoms with Crippen molar-refractivity contribution in [1.29, 1.82) is 0 Å². The van der Waals surface area contributed by atoms with E-state index in [4.69, 9.17) is 5.73 Å². The van der Waals surface area contributed by atoms with E-state index in [0.29, 0.717) is 13.1 Å². The molecule has 2 N–H and O–H groups in total. The van der Waals surface area contributed by atoms with Crippen molar-refractivity contribution in [2.75, 3.05) is 0 Å². The molecule has 0 aliphatic rings. The average Bonchev–Trinajstić information content (AvgIpc) is 2.98. The van der Waals surface area contributed by atoms with Crippen molar-refractivity contribution < 1.29 is 0 Å². The third-order valence-corrected chi connectivity index (χ3v) is 3.59. The summed E-state index contributed by atoms with van der Waals surface area (Å²) >= 11 is 0. The van der Waals surface area contributed by atoms with Crippen LogP contribution in [-0.2, 0) is 20.1 Å². The van der Waals surface area contributed by atoms with Gasteiger partial charge in [0.1, 0.15) is 5.82 Å². The summed E-state index contributed by atoms with van der Waals surface area (Å²) in [4.78, 5) is 0. The number of para-hydroxylation sites is 1. The molecule has 3 aromatic rings. The van der Waals surface area contributed by atoms with Crippen LogP contribution in [0, 0.1) is 6.92 Å². The van der Waals surface area contributed by atoms with Gasteiger partial charge in [0, 0.05) is 19.8 Å². The molecule has 0 bridgehead atoms. The Kier molecular flexibility index (Phi) is 2.83. The molecule has 0 spiro atoms. The maximum atomic E-state index is 5.82. The summed E-state index contributed by atoms with van der Waals surface area (Å²) in [6, 6.07) is 8.33. The van der Waals surface area contributed by atoms with Gasteiger partial charge < -0.3 is 14.9 Å². The van der Waals surface area contributed by atoms with Crippen LogP contribution in [0.1, 0.15) is 17.2 Å². The van der Waals surface area contributed by atoms with E-state index in [1.54, 1.807) is 0 Å². The Morgan fingerprint density at radius 2 is 2.05 bits per heavy atom. The van der Waals surface area contributed by atoms with Crippen LogP contribution in [0.4, 0.5) is 0 Å². The fourth-order valence-electron chi connectivity index (χ4n) is 2.38. The molecule has 0 amide bonds. The van der Waals surface area contributed by atoms with Crippen LogP contribution in [-0.4, -0.2) is 19.3 Å². The normalized spacial score (nSPS) is 11.3.